The molecule has 1 aliphatic heterocycles. The van der Waals surface area contributed by atoms with Gasteiger partial charge in [-0.1, -0.05) is 54.6 Å². The van der Waals surface area contributed by atoms with Gasteiger partial charge in [-0.2, -0.15) is 5.10 Å². The summed E-state index contributed by atoms with van der Waals surface area (Å²) < 4.78 is 0. The molecule has 2 heterocycles. The second-order valence-corrected chi connectivity index (χ2v) is 7.94. The quantitative estimate of drug-likeness (QED) is 0.688. The molecule has 3 aromatic rings. The van der Waals surface area contributed by atoms with Crippen molar-refractivity contribution in [3.63, 3.8) is 0 Å². The summed E-state index contributed by atoms with van der Waals surface area (Å²) in [5.74, 6) is -0.104. The zero-order chi connectivity index (χ0) is 21.1. The van der Waals surface area contributed by atoms with Crippen LogP contribution < -0.4 is 5.32 Å². The van der Waals surface area contributed by atoms with Crippen LogP contribution in [-0.2, 0) is 11.2 Å². The molecule has 1 aliphatic rings. The molecule has 4 rings (SSSR count). The van der Waals surface area contributed by atoms with Gasteiger partial charge in [0.15, 0.2) is 0 Å². The molecule has 0 bridgehead atoms. The minimum Gasteiger partial charge on any atom is -0.359 e. The van der Waals surface area contributed by atoms with Gasteiger partial charge in [0.2, 0.25) is 5.91 Å². The van der Waals surface area contributed by atoms with Crippen LogP contribution in [-0.4, -0.2) is 47.0 Å². The molecule has 6 nitrogen and oxygen atoms in total. The van der Waals surface area contributed by atoms with Crippen LogP contribution in [0.15, 0.2) is 60.8 Å². The predicted molar refractivity (Wildman–Crippen MR) is 116 cm³/mol. The molecule has 1 saturated heterocycles. The first-order valence-electron chi connectivity index (χ1n) is 10.2. The summed E-state index contributed by atoms with van der Waals surface area (Å²) in [5, 5.41) is 9.62. The van der Waals surface area contributed by atoms with Crippen molar-refractivity contribution in [2.24, 2.45) is 5.41 Å². The summed E-state index contributed by atoms with van der Waals surface area (Å²) >= 11 is 0. The second-order valence-electron chi connectivity index (χ2n) is 7.94. The first-order chi connectivity index (χ1) is 14.5. The Hall–Kier alpha value is -3.41. The molecule has 1 aromatic heterocycles. The Kier molecular flexibility index (Phi) is 5.40. The molecule has 0 saturated carbocycles. The minimum absolute atomic E-state index is 0.0235. The van der Waals surface area contributed by atoms with Gasteiger partial charge in [0.1, 0.15) is 0 Å². The number of amides is 2. The number of rotatable bonds is 5. The molecule has 6 heteroatoms. The topological polar surface area (TPSA) is 78.1 Å². The average Bonchev–Trinajstić information content (AvgIpc) is 3.41. The number of aromatic amines is 1. The third-order valence-electron chi connectivity index (χ3n) is 6.04. The van der Waals surface area contributed by atoms with E-state index < -0.39 is 5.41 Å². The smallest absolute Gasteiger partial charge is 0.257 e. The number of likely N-dealkylation sites (tertiary alicyclic amines) is 1. The Bertz CT molecular complexity index is 1060. The summed E-state index contributed by atoms with van der Waals surface area (Å²) in [6.45, 7) is 2.77. The van der Waals surface area contributed by atoms with E-state index in [-0.39, 0.29) is 11.8 Å². The summed E-state index contributed by atoms with van der Waals surface area (Å²) in [6.07, 6.45) is 2.76. The Morgan fingerprint density at radius 2 is 1.87 bits per heavy atom. The van der Waals surface area contributed by atoms with Gasteiger partial charge in [-0.15, -0.1) is 0 Å². The van der Waals surface area contributed by atoms with Crippen LogP contribution in [0.5, 0.6) is 0 Å². The van der Waals surface area contributed by atoms with Gasteiger partial charge in [-0.25, -0.2) is 0 Å². The number of benzene rings is 2. The van der Waals surface area contributed by atoms with Crippen LogP contribution in [0.3, 0.4) is 0 Å². The Balaban J connectivity index is 1.65. The zero-order valence-corrected chi connectivity index (χ0v) is 17.3. The zero-order valence-electron chi connectivity index (χ0n) is 17.3. The van der Waals surface area contributed by atoms with E-state index in [2.05, 4.69) is 39.8 Å². The molecular weight excluding hydrogens is 376 g/mol. The molecule has 30 heavy (non-hydrogen) atoms. The van der Waals surface area contributed by atoms with Crippen molar-refractivity contribution in [3.05, 3.63) is 77.6 Å². The highest BCUT2D eigenvalue weighted by molar-refractivity contribution is 5.96. The maximum atomic E-state index is 13.0. The third kappa shape index (κ3) is 3.61. The van der Waals surface area contributed by atoms with Gasteiger partial charge in [0.05, 0.1) is 17.2 Å². The summed E-state index contributed by atoms with van der Waals surface area (Å²) in [6, 6.07) is 18.4. The Labute approximate surface area is 176 Å². The standard InChI is InChI=1S/C24H26N4O2/c1-17-21(15-26-27-17)22(29)28-13-12-24(16-28,23(30)25-2)14-19-10-6-7-11-20(19)18-8-4-3-5-9-18/h3-11,15H,12-14,16H2,1-2H3,(H,25,30)(H,26,27). The lowest BCUT2D eigenvalue weighted by Gasteiger charge is -2.28. The molecular formula is C24H26N4O2. The number of aryl methyl sites for hydroxylation is 1. The van der Waals surface area contributed by atoms with Crippen LogP contribution in [0.25, 0.3) is 11.1 Å². The molecule has 2 amide bonds. The van der Waals surface area contributed by atoms with E-state index in [1.165, 1.54) is 0 Å². The van der Waals surface area contributed by atoms with Crippen molar-refractivity contribution in [3.8, 4) is 11.1 Å². The second kappa shape index (κ2) is 8.14. The number of hydrogen-bond donors (Lipinski definition) is 2. The normalized spacial score (nSPS) is 18.4. The number of hydrogen-bond acceptors (Lipinski definition) is 3. The SMILES string of the molecule is CNC(=O)C1(Cc2ccccc2-c2ccccc2)CCN(C(=O)c2cn[nH]c2C)C1. The fourth-order valence-corrected chi connectivity index (χ4v) is 4.40. The minimum atomic E-state index is -0.660. The van der Waals surface area contributed by atoms with E-state index in [1.54, 1.807) is 18.1 Å². The monoisotopic (exact) mass is 402 g/mol. The van der Waals surface area contributed by atoms with E-state index >= 15 is 0 Å². The van der Waals surface area contributed by atoms with Crippen LogP contribution in [0.1, 0.15) is 28.0 Å². The number of aromatic nitrogens is 2. The average molecular weight is 402 g/mol. The van der Waals surface area contributed by atoms with Crippen molar-refractivity contribution in [1.82, 2.24) is 20.4 Å². The highest BCUT2D eigenvalue weighted by Crippen LogP contribution is 2.38. The molecule has 1 fully saturated rings. The molecule has 2 aromatic carbocycles. The number of nitrogens with one attached hydrogen (secondary N) is 2. The van der Waals surface area contributed by atoms with Gasteiger partial charge in [0, 0.05) is 25.8 Å². The molecule has 0 aliphatic carbocycles. The molecule has 1 atom stereocenters. The van der Waals surface area contributed by atoms with Gasteiger partial charge >= 0.3 is 0 Å². The molecule has 1 unspecified atom stereocenters. The van der Waals surface area contributed by atoms with E-state index in [1.807, 2.05) is 37.3 Å². The van der Waals surface area contributed by atoms with Gasteiger partial charge < -0.3 is 10.2 Å². The highest BCUT2D eigenvalue weighted by Gasteiger charge is 2.46. The van der Waals surface area contributed by atoms with Gasteiger partial charge in [0.25, 0.3) is 5.91 Å². The maximum Gasteiger partial charge on any atom is 0.257 e. The largest absolute Gasteiger partial charge is 0.359 e. The number of nitrogens with zero attached hydrogens (tertiary/aromatic N) is 2. The van der Waals surface area contributed by atoms with Crippen LogP contribution in [0.2, 0.25) is 0 Å². The number of carbonyl (C=O) groups excluding carboxylic acids is 2. The van der Waals surface area contributed by atoms with Crippen LogP contribution in [0, 0.1) is 12.3 Å². The van der Waals surface area contributed by atoms with E-state index in [4.69, 9.17) is 0 Å². The van der Waals surface area contributed by atoms with Crippen molar-refractivity contribution in [2.75, 3.05) is 20.1 Å². The van der Waals surface area contributed by atoms with Crippen molar-refractivity contribution < 1.29 is 9.59 Å². The molecule has 2 N–H and O–H groups in total. The van der Waals surface area contributed by atoms with E-state index in [0.29, 0.717) is 31.5 Å². The summed E-state index contributed by atoms with van der Waals surface area (Å²) in [4.78, 5) is 27.8. The third-order valence-corrected chi connectivity index (χ3v) is 6.04. The van der Waals surface area contributed by atoms with Crippen molar-refractivity contribution >= 4 is 11.8 Å². The fraction of sp³-hybridized carbons (Fsp3) is 0.292. The molecule has 0 spiro atoms. The first-order valence-corrected chi connectivity index (χ1v) is 10.2. The van der Waals surface area contributed by atoms with E-state index in [0.717, 1.165) is 22.4 Å². The lowest BCUT2D eigenvalue weighted by molar-refractivity contribution is -0.129. The van der Waals surface area contributed by atoms with Gasteiger partial charge in [-0.05, 0) is 36.5 Å². The first kappa shape index (κ1) is 19.9. The van der Waals surface area contributed by atoms with Crippen molar-refractivity contribution in [1.29, 1.82) is 0 Å². The van der Waals surface area contributed by atoms with Crippen LogP contribution in [0.4, 0.5) is 0 Å². The maximum absolute atomic E-state index is 13.0. The lowest BCUT2D eigenvalue weighted by Crippen LogP contribution is -2.44. The Morgan fingerprint density at radius 1 is 1.13 bits per heavy atom. The fourth-order valence-electron chi connectivity index (χ4n) is 4.40. The van der Waals surface area contributed by atoms with Crippen molar-refractivity contribution in [2.45, 2.75) is 19.8 Å². The highest BCUT2D eigenvalue weighted by atomic mass is 16.2. The lowest BCUT2D eigenvalue weighted by atomic mass is 9.78. The summed E-state index contributed by atoms with van der Waals surface area (Å²) in [7, 11) is 1.66. The molecule has 0 radical (unpaired) electrons. The Morgan fingerprint density at radius 3 is 2.57 bits per heavy atom. The number of H-pyrrole nitrogens is 1. The van der Waals surface area contributed by atoms with Crippen LogP contribution >= 0.6 is 0 Å². The number of carbonyl (C=O) groups is 2. The predicted octanol–water partition coefficient (Wildman–Crippen LogP) is 3.21. The summed E-state index contributed by atoms with van der Waals surface area (Å²) in [5.41, 5.74) is 4.00. The van der Waals surface area contributed by atoms with E-state index in [9.17, 15) is 9.59 Å². The molecule has 154 valence electrons. The van der Waals surface area contributed by atoms with Gasteiger partial charge in [-0.3, -0.25) is 14.7 Å².